The molecule has 0 aliphatic carbocycles. The molecule has 2 heteroatoms. The van der Waals surface area contributed by atoms with Crippen LogP contribution in [0.4, 0.5) is 4.39 Å². The number of alkyl halides is 1. The van der Waals surface area contributed by atoms with Gasteiger partial charge in [-0.2, -0.15) is 0 Å². The Morgan fingerprint density at radius 2 is 2.17 bits per heavy atom. The molecule has 0 N–H and O–H groups in total. The van der Waals surface area contributed by atoms with Gasteiger partial charge in [0.1, 0.15) is 6.67 Å². The number of carbonyl (C=O) groups is 1. The van der Waals surface area contributed by atoms with Crippen molar-refractivity contribution in [1.82, 2.24) is 0 Å². The summed E-state index contributed by atoms with van der Waals surface area (Å²) in [5.74, 6) is -0.0113. The molecule has 12 heavy (non-hydrogen) atoms. The van der Waals surface area contributed by atoms with E-state index < -0.39 is 6.67 Å². The molecular formula is C10H11FO. The van der Waals surface area contributed by atoms with Gasteiger partial charge in [-0.25, -0.2) is 4.39 Å². The number of hydrogen-bond acceptors (Lipinski definition) is 1. The van der Waals surface area contributed by atoms with Gasteiger partial charge in [0.2, 0.25) is 0 Å². The molecule has 1 aromatic rings. The van der Waals surface area contributed by atoms with Crippen molar-refractivity contribution in [3.63, 3.8) is 0 Å². The first-order valence-electron chi connectivity index (χ1n) is 3.82. The lowest BCUT2D eigenvalue weighted by Gasteiger charge is -2.04. The number of carbonyl (C=O) groups excluding carboxylic acids is 1. The molecule has 0 unspecified atom stereocenters. The fourth-order valence-corrected chi connectivity index (χ4v) is 1.21. The van der Waals surface area contributed by atoms with E-state index in [1.54, 1.807) is 25.1 Å². The second-order valence-corrected chi connectivity index (χ2v) is 2.78. The van der Waals surface area contributed by atoms with Crippen LogP contribution in [-0.2, 0) is 6.67 Å². The van der Waals surface area contributed by atoms with E-state index in [0.717, 1.165) is 5.56 Å². The third-order valence-electron chi connectivity index (χ3n) is 1.97. The molecule has 0 saturated heterocycles. The maximum absolute atomic E-state index is 12.3. The molecule has 1 rings (SSSR count). The van der Waals surface area contributed by atoms with E-state index in [4.69, 9.17) is 0 Å². The number of halogens is 1. The van der Waals surface area contributed by atoms with Crippen LogP contribution in [-0.4, -0.2) is 5.78 Å². The van der Waals surface area contributed by atoms with Crippen LogP contribution in [0.15, 0.2) is 18.2 Å². The predicted octanol–water partition coefficient (Wildman–Crippen LogP) is 2.67. The largest absolute Gasteiger partial charge is 0.295 e. The quantitative estimate of drug-likeness (QED) is 0.617. The van der Waals surface area contributed by atoms with Crippen molar-refractivity contribution < 1.29 is 9.18 Å². The topological polar surface area (TPSA) is 17.1 Å². The second kappa shape index (κ2) is 3.48. The van der Waals surface area contributed by atoms with Crippen LogP contribution in [0.1, 0.15) is 28.4 Å². The summed E-state index contributed by atoms with van der Waals surface area (Å²) < 4.78 is 12.3. The molecule has 0 bridgehead atoms. The second-order valence-electron chi connectivity index (χ2n) is 2.78. The summed E-state index contributed by atoms with van der Waals surface area (Å²) in [6.07, 6.45) is 0. The average Bonchev–Trinajstić information content (AvgIpc) is 2.04. The molecule has 0 fully saturated rings. The zero-order valence-electron chi connectivity index (χ0n) is 7.23. The Kier molecular flexibility index (Phi) is 2.58. The van der Waals surface area contributed by atoms with Crippen LogP contribution in [0.2, 0.25) is 0 Å². The van der Waals surface area contributed by atoms with Crippen molar-refractivity contribution in [2.24, 2.45) is 0 Å². The molecule has 0 heterocycles. The number of benzene rings is 1. The summed E-state index contributed by atoms with van der Waals surface area (Å²) in [5, 5.41) is 0. The first kappa shape index (κ1) is 8.91. The number of hydrogen-bond donors (Lipinski definition) is 0. The summed E-state index contributed by atoms with van der Waals surface area (Å²) in [4.78, 5) is 11.0. The van der Waals surface area contributed by atoms with Crippen LogP contribution in [0.5, 0.6) is 0 Å². The van der Waals surface area contributed by atoms with Gasteiger partial charge in [-0.1, -0.05) is 18.2 Å². The van der Waals surface area contributed by atoms with Crippen molar-refractivity contribution in [2.45, 2.75) is 20.5 Å². The van der Waals surface area contributed by atoms with Crippen molar-refractivity contribution in [3.05, 3.63) is 34.9 Å². The molecule has 64 valence electrons. The molecule has 0 aromatic heterocycles. The SMILES string of the molecule is CC(=O)c1cccc(CF)c1C. The number of Topliss-reactive ketones (excluding diaryl/α,β-unsaturated/α-hetero) is 1. The maximum atomic E-state index is 12.3. The van der Waals surface area contributed by atoms with Crippen LogP contribution in [0, 0.1) is 6.92 Å². The highest BCUT2D eigenvalue weighted by molar-refractivity contribution is 5.95. The highest BCUT2D eigenvalue weighted by Crippen LogP contribution is 2.14. The summed E-state index contributed by atoms with van der Waals surface area (Å²) in [7, 11) is 0. The third kappa shape index (κ3) is 1.52. The van der Waals surface area contributed by atoms with Gasteiger partial charge in [-0.05, 0) is 25.0 Å². The van der Waals surface area contributed by atoms with Gasteiger partial charge in [0.25, 0.3) is 0 Å². The van der Waals surface area contributed by atoms with Crippen molar-refractivity contribution >= 4 is 5.78 Å². The molecule has 1 nitrogen and oxygen atoms in total. The zero-order chi connectivity index (χ0) is 9.14. The van der Waals surface area contributed by atoms with Gasteiger partial charge in [0, 0.05) is 5.56 Å². The van der Waals surface area contributed by atoms with Crippen molar-refractivity contribution in [2.75, 3.05) is 0 Å². The van der Waals surface area contributed by atoms with Crippen LogP contribution in [0.3, 0.4) is 0 Å². The molecule has 0 aliphatic heterocycles. The predicted molar refractivity (Wildman–Crippen MR) is 46.0 cm³/mol. The molecule has 0 atom stereocenters. The molecular weight excluding hydrogens is 155 g/mol. The fourth-order valence-electron chi connectivity index (χ4n) is 1.21. The van der Waals surface area contributed by atoms with Gasteiger partial charge < -0.3 is 0 Å². The van der Waals surface area contributed by atoms with E-state index in [0.29, 0.717) is 11.1 Å². The van der Waals surface area contributed by atoms with Crippen LogP contribution >= 0.6 is 0 Å². The van der Waals surface area contributed by atoms with Crippen molar-refractivity contribution in [1.29, 1.82) is 0 Å². The van der Waals surface area contributed by atoms with E-state index in [9.17, 15) is 9.18 Å². The van der Waals surface area contributed by atoms with E-state index >= 15 is 0 Å². The summed E-state index contributed by atoms with van der Waals surface area (Å²) >= 11 is 0. The third-order valence-corrected chi connectivity index (χ3v) is 1.97. The standard InChI is InChI=1S/C10H11FO/c1-7-9(6-11)4-3-5-10(7)8(2)12/h3-5H,6H2,1-2H3. The Bertz CT molecular complexity index is 305. The Morgan fingerprint density at radius 1 is 1.50 bits per heavy atom. The zero-order valence-corrected chi connectivity index (χ0v) is 7.23. The fraction of sp³-hybridized carbons (Fsp3) is 0.300. The van der Waals surface area contributed by atoms with Gasteiger partial charge in [0.05, 0.1) is 0 Å². The highest BCUT2D eigenvalue weighted by atomic mass is 19.1. The lowest BCUT2D eigenvalue weighted by molar-refractivity contribution is 0.101. The summed E-state index contributed by atoms with van der Waals surface area (Å²) in [5.41, 5.74) is 1.97. The lowest BCUT2D eigenvalue weighted by Crippen LogP contribution is -1.98. The molecule has 1 aromatic carbocycles. The molecule has 0 saturated carbocycles. The van der Waals surface area contributed by atoms with Gasteiger partial charge >= 0.3 is 0 Å². The maximum Gasteiger partial charge on any atom is 0.160 e. The van der Waals surface area contributed by atoms with E-state index in [2.05, 4.69) is 0 Å². The van der Waals surface area contributed by atoms with E-state index in [1.165, 1.54) is 6.92 Å². The number of rotatable bonds is 2. The minimum atomic E-state index is -0.507. The van der Waals surface area contributed by atoms with Gasteiger partial charge in [-0.15, -0.1) is 0 Å². The van der Waals surface area contributed by atoms with Crippen LogP contribution < -0.4 is 0 Å². The molecule has 0 amide bonds. The lowest BCUT2D eigenvalue weighted by atomic mass is 10.0. The van der Waals surface area contributed by atoms with Crippen LogP contribution in [0.25, 0.3) is 0 Å². The Labute approximate surface area is 71.2 Å². The molecule has 0 aliphatic rings. The minimum Gasteiger partial charge on any atom is -0.295 e. The van der Waals surface area contributed by atoms with Gasteiger partial charge in [-0.3, -0.25) is 4.79 Å². The normalized spacial score (nSPS) is 9.92. The highest BCUT2D eigenvalue weighted by Gasteiger charge is 2.06. The summed E-state index contributed by atoms with van der Waals surface area (Å²) in [6, 6.07) is 5.12. The number of ketones is 1. The summed E-state index contributed by atoms with van der Waals surface area (Å²) in [6.45, 7) is 2.75. The monoisotopic (exact) mass is 166 g/mol. The van der Waals surface area contributed by atoms with E-state index in [1.807, 2.05) is 0 Å². The molecule has 0 spiro atoms. The van der Waals surface area contributed by atoms with Crippen molar-refractivity contribution in [3.8, 4) is 0 Å². The van der Waals surface area contributed by atoms with E-state index in [-0.39, 0.29) is 5.78 Å². The van der Waals surface area contributed by atoms with Gasteiger partial charge in [0.15, 0.2) is 5.78 Å². The Balaban J connectivity index is 3.23. The Hall–Kier alpha value is -1.18. The Morgan fingerprint density at radius 3 is 2.67 bits per heavy atom. The smallest absolute Gasteiger partial charge is 0.160 e. The first-order valence-corrected chi connectivity index (χ1v) is 3.82. The minimum absolute atomic E-state index is 0.0113. The first-order chi connectivity index (χ1) is 5.66. The average molecular weight is 166 g/mol. The molecule has 0 radical (unpaired) electrons.